The van der Waals surface area contributed by atoms with Gasteiger partial charge in [0, 0.05) is 15.1 Å². The molecule has 0 saturated carbocycles. The molecule has 4 rings (SSSR count). The number of ether oxygens (including phenoxy) is 2. The number of aryl methyl sites for hydroxylation is 1. The minimum absolute atomic E-state index is 0.177. The quantitative estimate of drug-likeness (QED) is 0.276. The van der Waals surface area contributed by atoms with Gasteiger partial charge in [-0.15, -0.1) is 0 Å². The fourth-order valence-corrected chi connectivity index (χ4v) is 4.35. The minimum atomic E-state index is -0.800. The molecule has 0 radical (unpaired) electrons. The number of halogens is 2. The molecule has 4 amide bonds. The van der Waals surface area contributed by atoms with E-state index in [-0.39, 0.29) is 12.2 Å². The molecule has 0 unspecified atom stereocenters. The first-order chi connectivity index (χ1) is 17.3. The van der Waals surface area contributed by atoms with Crippen molar-refractivity contribution in [2.24, 2.45) is 0 Å². The van der Waals surface area contributed by atoms with E-state index in [1.54, 1.807) is 49.4 Å². The number of amides is 4. The van der Waals surface area contributed by atoms with Gasteiger partial charge in [-0.25, -0.2) is 9.69 Å². The number of nitrogens with one attached hydrogen (secondary N) is 1. The second-order valence-electron chi connectivity index (χ2n) is 7.91. The first-order valence-corrected chi connectivity index (χ1v) is 12.3. The lowest BCUT2D eigenvalue weighted by Gasteiger charge is -2.27. The summed E-state index contributed by atoms with van der Waals surface area (Å²) >= 11 is 9.59. The van der Waals surface area contributed by atoms with Crippen LogP contribution in [0.4, 0.5) is 10.5 Å². The van der Waals surface area contributed by atoms with Crippen LogP contribution in [0.3, 0.4) is 0 Å². The van der Waals surface area contributed by atoms with E-state index >= 15 is 0 Å². The summed E-state index contributed by atoms with van der Waals surface area (Å²) in [5, 5.41) is 2.84. The third-order valence-corrected chi connectivity index (χ3v) is 6.28. The molecule has 0 bridgehead atoms. The molecular formula is C27H22BrClN2O5. The molecule has 9 heteroatoms. The second-order valence-corrected chi connectivity index (χ2v) is 9.23. The van der Waals surface area contributed by atoms with E-state index in [0.29, 0.717) is 39.9 Å². The maximum Gasteiger partial charge on any atom is 0.335 e. The van der Waals surface area contributed by atoms with E-state index in [4.69, 9.17) is 21.1 Å². The summed E-state index contributed by atoms with van der Waals surface area (Å²) in [5.74, 6) is -0.556. The molecule has 1 aliphatic rings. The Kier molecular flexibility index (Phi) is 7.76. The zero-order valence-corrected chi connectivity index (χ0v) is 21.9. The molecule has 1 aliphatic heterocycles. The minimum Gasteiger partial charge on any atom is -0.490 e. The van der Waals surface area contributed by atoms with Gasteiger partial charge in [-0.3, -0.25) is 14.9 Å². The Morgan fingerprint density at radius 1 is 1.00 bits per heavy atom. The van der Waals surface area contributed by atoms with Crippen molar-refractivity contribution in [1.29, 1.82) is 0 Å². The predicted octanol–water partition coefficient (Wildman–Crippen LogP) is 6.06. The monoisotopic (exact) mass is 568 g/mol. The molecule has 184 valence electrons. The zero-order valence-electron chi connectivity index (χ0n) is 19.5. The Labute approximate surface area is 221 Å². The van der Waals surface area contributed by atoms with Crippen LogP contribution in [0.2, 0.25) is 5.02 Å². The molecule has 3 aromatic carbocycles. The van der Waals surface area contributed by atoms with Gasteiger partial charge < -0.3 is 9.47 Å². The fraction of sp³-hybridized carbons (Fsp3) is 0.148. The SMILES string of the molecule is CCOc1cc(/C=C2/C(=O)NC(=O)N(c3ccc(Br)cc3C)C2=O)ccc1OCc1ccccc1Cl. The lowest BCUT2D eigenvalue weighted by atomic mass is 10.1. The molecule has 7 nitrogen and oxygen atoms in total. The highest BCUT2D eigenvalue weighted by Gasteiger charge is 2.37. The smallest absolute Gasteiger partial charge is 0.335 e. The number of carbonyl (C=O) groups is 3. The number of anilines is 1. The molecule has 0 atom stereocenters. The van der Waals surface area contributed by atoms with Crippen LogP contribution in [0.1, 0.15) is 23.6 Å². The lowest BCUT2D eigenvalue weighted by molar-refractivity contribution is -0.122. The number of benzene rings is 3. The maximum atomic E-state index is 13.3. The van der Waals surface area contributed by atoms with Crippen molar-refractivity contribution in [2.75, 3.05) is 11.5 Å². The van der Waals surface area contributed by atoms with E-state index < -0.39 is 17.8 Å². The van der Waals surface area contributed by atoms with Crippen molar-refractivity contribution < 1.29 is 23.9 Å². The predicted molar refractivity (Wildman–Crippen MR) is 141 cm³/mol. The van der Waals surface area contributed by atoms with Crippen LogP contribution in [0.25, 0.3) is 6.08 Å². The number of rotatable bonds is 7. The molecule has 1 heterocycles. The summed E-state index contributed by atoms with van der Waals surface area (Å²) < 4.78 is 12.5. The number of imide groups is 2. The standard InChI is InChI=1S/C27H22BrClN2O5/c1-3-35-24-14-17(8-11-23(24)36-15-18-6-4-5-7-21(18)29)13-20-25(32)30-27(34)31(26(20)33)22-10-9-19(28)12-16(22)2/h4-14H,3,15H2,1-2H3,(H,30,32,34)/b20-13-. The molecule has 1 N–H and O–H groups in total. The van der Waals surface area contributed by atoms with Crippen molar-refractivity contribution in [1.82, 2.24) is 5.32 Å². The second kappa shape index (κ2) is 11.0. The molecule has 1 fully saturated rings. The Morgan fingerprint density at radius 2 is 1.78 bits per heavy atom. The Balaban J connectivity index is 1.63. The molecule has 3 aromatic rings. The molecule has 0 spiro atoms. The van der Waals surface area contributed by atoms with E-state index in [2.05, 4.69) is 21.2 Å². The van der Waals surface area contributed by atoms with Gasteiger partial charge in [-0.1, -0.05) is 51.8 Å². The van der Waals surface area contributed by atoms with E-state index in [0.717, 1.165) is 14.9 Å². The fourth-order valence-electron chi connectivity index (χ4n) is 3.69. The van der Waals surface area contributed by atoms with Gasteiger partial charge in [-0.2, -0.15) is 0 Å². The average molecular weight is 570 g/mol. The van der Waals surface area contributed by atoms with Gasteiger partial charge in [0.1, 0.15) is 12.2 Å². The first-order valence-electron chi connectivity index (χ1n) is 11.1. The first kappa shape index (κ1) is 25.5. The van der Waals surface area contributed by atoms with Crippen molar-refractivity contribution in [2.45, 2.75) is 20.5 Å². The lowest BCUT2D eigenvalue weighted by Crippen LogP contribution is -2.54. The largest absolute Gasteiger partial charge is 0.490 e. The van der Waals surface area contributed by atoms with Crippen LogP contribution in [-0.2, 0) is 16.2 Å². The number of carbonyl (C=O) groups excluding carboxylic acids is 3. The molecule has 1 saturated heterocycles. The van der Waals surface area contributed by atoms with Gasteiger partial charge in [0.2, 0.25) is 0 Å². The van der Waals surface area contributed by atoms with Crippen LogP contribution in [-0.4, -0.2) is 24.5 Å². The summed E-state index contributed by atoms with van der Waals surface area (Å²) in [5.41, 5.74) is 2.26. The topological polar surface area (TPSA) is 84.9 Å². The van der Waals surface area contributed by atoms with E-state index in [9.17, 15) is 14.4 Å². The van der Waals surface area contributed by atoms with Crippen molar-refractivity contribution in [3.8, 4) is 11.5 Å². The highest BCUT2D eigenvalue weighted by Crippen LogP contribution is 2.32. The highest BCUT2D eigenvalue weighted by molar-refractivity contribution is 9.10. The third kappa shape index (κ3) is 5.45. The van der Waals surface area contributed by atoms with Crippen molar-refractivity contribution >= 4 is 57.1 Å². The number of nitrogens with zero attached hydrogens (tertiary/aromatic N) is 1. The van der Waals surface area contributed by atoms with Gasteiger partial charge in [0.05, 0.1) is 12.3 Å². The average Bonchev–Trinajstić information content (AvgIpc) is 2.83. The summed E-state index contributed by atoms with van der Waals surface area (Å²) in [6.07, 6.45) is 1.42. The van der Waals surface area contributed by atoms with E-state index in [1.165, 1.54) is 6.08 Å². The summed E-state index contributed by atoms with van der Waals surface area (Å²) in [7, 11) is 0. The van der Waals surface area contributed by atoms with Gasteiger partial charge in [0.15, 0.2) is 11.5 Å². The van der Waals surface area contributed by atoms with Gasteiger partial charge in [-0.05, 0) is 67.4 Å². The number of hydrogen-bond acceptors (Lipinski definition) is 5. The Bertz CT molecular complexity index is 1390. The Hall–Kier alpha value is -3.62. The summed E-state index contributed by atoms with van der Waals surface area (Å²) in [6, 6.07) is 16.8. The van der Waals surface area contributed by atoms with Crippen LogP contribution in [0.15, 0.2) is 70.7 Å². The molecular weight excluding hydrogens is 548 g/mol. The number of hydrogen-bond donors (Lipinski definition) is 1. The third-order valence-electron chi connectivity index (χ3n) is 5.42. The van der Waals surface area contributed by atoms with Crippen LogP contribution >= 0.6 is 27.5 Å². The van der Waals surface area contributed by atoms with E-state index in [1.807, 2.05) is 25.1 Å². The number of barbiturate groups is 1. The zero-order chi connectivity index (χ0) is 25.8. The summed E-state index contributed by atoms with van der Waals surface area (Å²) in [6.45, 7) is 4.24. The van der Waals surface area contributed by atoms with Crippen molar-refractivity contribution in [3.05, 3.63) is 92.4 Å². The number of urea groups is 1. The van der Waals surface area contributed by atoms with Gasteiger partial charge in [0.25, 0.3) is 11.8 Å². The van der Waals surface area contributed by atoms with Crippen LogP contribution in [0.5, 0.6) is 11.5 Å². The van der Waals surface area contributed by atoms with Gasteiger partial charge >= 0.3 is 6.03 Å². The normalized spacial score (nSPS) is 14.7. The molecule has 0 aromatic heterocycles. The van der Waals surface area contributed by atoms with Crippen LogP contribution in [0, 0.1) is 6.92 Å². The Morgan fingerprint density at radius 3 is 2.50 bits per heavy atom. The van der Waals surface area contributed by atoms with Crippen molar-refractivity contribution in [3.63, 3.8) is 0 Å². The molecule has 36 heavy (non-hydrogen) atoms. The molecule has 0 aliphatic carbocycles. The highest BCUT2D eigenvalue weighted by atomic mass is 79.9. The van der Waals surface area contributed by atoms with Crippen LogP contribution < -0.4 is 19.7 Å². The summed E-state index contributed by atoms with van der Waals surface area (Å²) in [4.78, 5) is 39.3. The maximum absolute atomic E-state index is 13.3.